The van der Waals surface area contributed by atoms with Crippen LogP contribution < -0.4 is 5.56 Å². The Morgan fingerprint density at radius 2 is 1.70 bits per heavy atom. The van der Waals surface area contributed by atoms with Gasteiger partial charge in [-0.3, -0.25) is 9.36 Å². The first-order valence-corrected chi connectivity index (χ1v) is 11.7. The van der Waals surface area contributed by atoms with E-state index in [0.717, 1.165) is 11.3 Å². The third-order valence-electron chi connectivity index (χ3n) is 5.33. The molecule has 2 aromatic heterocycles. The van der Waals surface area contributed by atoms with Gasteiger partial charge >= 0.3 is 0 Å². The van der Waals surface area contributed by atoms with E-state index in [4.69, 9.17) is 11.6 Å². The molecular weight excluding hydrogens is 454 g/mol. The molecule has 8 heteroatoms. The lowest BCUT2D eigenvalue weighted by Crippen LogP contribution is -2.13. The minimum absolute atomic E-state index is 0.148. The number of para-hydroxylation sites is 1. The number of aromatic amines is 1. The second-order valence-corrected chi connectivity index (χ2v) is 9.46. The molecule has 2 heterocycles. The lowest BCUT2D eigenvalue weighted by atomic mass is 10.2. The van der Waals surface area contributed by atoms with Gasteiger partial charge in [0.2, 0.25) is 0 Å². The summed E-state index contributed by atoms with van der Waals surface area (Å²) in [6.45, 7) is 4.04. The number of H-pyrrole nitrogens is 1. The summed E-state index contributed by atoms with van der Waals surface area (Å²) in [5.74, 6) is 1.31. The number of aryl methyl sites for hydroxylation is 1. The molecule has 0 bridgehead atoms. The number of halogens is 1. The van der Waals surface area contributed by atoms with Crippen molar-refractivity contribution in [1.82, 2.24) is 24.7 Å². The Balaban J connectivity index is 1.57. The Morgan fingerprint density at radius 1 is 0.970 bits per heavy atom. The van der Waals surface area contributed by atoms with Crippen molar-refractivity contribution in [3.05, 3.63) is 99.6 Å². The van der Waals surface area contributed by atoms with Gasteiger partial charge in [-0.05, 0) is 62.4 Å². The van der Waals surface area contributed by atoms with Gasteiger partial charge in [-0.15, -0.1) is 10.2 Å². The molecule has 1 atom stereocenters. The van der Waals surface area contributed by atoms with Crippen LogP contribution in [0, 0.1) is 6.92 Å². The predicted molar refractivity (Wildman–Crippen MR) is 133 cm³/mol. The maximum atomic E-state index is 12.5. The topological polar surface area (TPSA) is 76.5 Å². The highest BCUT2D eigenvalue weighted by Crippen LogP contribution is 2.36. The number of benzene rings is 3. The van der Waals surface area contributed by atoms with Crippen LogP contribution in [0.15, 0.2) is 82.7 Å². The average molecular weight is 474 g/mol. The minimum atomic E-state index is -0.159. The fourth-order valence-electron chi connectivity index (χ4n) is 3.57. The molecule has 0 aliphatic rings. The summed E-state index contributed by atoms with van der Waals surface area (Å²) in [6, 6.07) is 23.1. The summed E-state index contributed by atoms with van der Waals surface area (Å²) in [7, 11) is 0. The molecular formula is C25H20ClN5OS. The van der Waals surface area contributed by atoms with Gasteiger partial charge in [-0.1, -0.05) is 53.2 Å². The zero-order chi connectivity index (χ0) is 22.9. The molecule has 3 aromatic carbocycles. The normalized spacial score (nSPS) is 12.2. The van der Waals surface area contributed by atoms with Crippen molar-refractivity contribution in [2.24, 2.45) is 0 Å². The standard InChI is InChI=1S/C25H20ClN5OS/c1-15-7-13-19(14-8-15)31-23(17-9-11-18(26)12-10-17)29-30-25(31)33-16(2)22-27-21-6-4-3-5-20(21)24(32)28-22/h3-14,16H,1-2H3,(H,27,28,32). The highest BCUT2D eigenvalue weighted by Gasteiger charge is 2.21. The molecule has 5 rings (SSSR count). The number of hydrogen-bond donors (Lipinski definition) is 1. The Bertz CT molecular complexity index is 1490. The number of hydrogen-bond acceptors (Lipinski definition) is 5. The molecule has 1 unspecified atom stereocenters. The molecule has 0 radical (unpaired) electrons. The molecule has 5 aromatic rings. The summed E-state index contributed by atoms with van der Waals surface area (Å²) < 4.78 is 2.02. The van der Waals surface area contributed by atoms with Gasteiger partial charge in [0.1, 0.15) is 5.82 Å². The van der Waals surface area contributed by atoms with Gasteiger partial charge < -0.3 is 4.98 Å². The second kappa shape index (κ2) is 8.84. The van der Waals surface area contributed by atoms with Gasteiger partial charge in [-0.2, -0.15) is 0 Å². The van der Waals surface area contributed by atoms with Crippen LogP contribution in [-0.2, 0) is 0 Å². The van der Waals surface area contributed by atoms with Crippen molar-refractivity contribution in [2.45, 2.75) is 24.3 Å². The zero-order valence-corrected chi connectivity index (χ0v) is 19.6. The molecule has 1 N–H and O–H groups in total. The number of nitrogens with one attached hydrogen (secondary N) is 1. The highest BCUT2D eigenvalue weighted by atomic mass is 35.5. The summed E-state index contributed by atoms with van der Waals surface area (Å²) in [5, 5.41) is 10.8. The molecule has 0 aliphatic carbocycles. The Kier molecular flexibility index (Phi) is 5.74. The van der Waals surface area contributed by atoms with E-state index in [1.54, 1.807) is 6.07 Å². The summed E-state index contributed by atoms with van der Waals surface area (Å²) in [5.41, 5.74) is 3.55. The van der Waals surface area contributed by atoms with Crippen molar-refractivity contribution in [3.8, 4) is 17.1 Å². The maximum Gasteiger partial charge on any atom is 0.258 e. The van der Waals surface area contributed by atoms with Gasteiger partial charge in [0, 0.05) is 16.3 Å². The van der Waals surface area contributed by atoms with Crippen LogP contribution >= 0.6 is 23.4 Å². The minimum Gasteiger partial charge on any atom is -0.309 e. The molecule has 33 heavy (non-hydrogen) atoms. The molecule has 0 spiro atoms. The van der Waals surface area contributed by atoms with E-state index in [0.29, 0.717) is 32.7 Å². The number of aromatic nitrogens is 5. The zero-order valence-electron chi connectivity index (χ0n) is 18.0. The number of rotatable bonds is 5. The van der Waals surface area contributed by atoms with E-state index in [1.807, 2.05) is 66.1 Å². The molecule has 164 valence electrons. The van der Waals surface area contributed by atoms with Crippen LogP contribution in [0.2, 0.25) is 5.02 Å². The van der Waals surface area contributed by atoms with Gasteiger partial charge in [0.15, 0.2) is 11.0 Å². The molecule has 0 aliphatic heterocycles. The highest BCUT2D eigenvalue weighted by molar-refractivity contribution is 7.99. The Morgan fingerprint density at radius 3 is 2.45 bits per heavy atom. The van der Waals surface area contributed by atoms with Crippen LogP contribution in [-0.4, -0.2) is 24.7 Å². The first-order chi connectivity index (χ1) is 16.0. The fraction of sp³-hybridized carbons (Fsp3) is 0.120. The maximum absolute atomic E-state index is 12.5. The molecule has 0 saturated heterocycles. The lowest BCUT2D eigenvalue weighted by Gasteiger charge is -2.14. The van der Waals surface area contributed by atoms with Crippen LogP contribution in [0.25, 0.3) is 28.0 Å². The third-order valence-corrected chi connectivity index (χ3v) is 6.63. The van der Waals surface area contributed by atoms with E-state index in [2.05, 4.69) is 39.2 Å². The summed E-state index contributed by atoms with van der Waals surface area (Å²) in [4.78, 5) is 20.1. The third kappa shape index (κ3) is 4.29. The number of nitrogens with zero attached hydrogens (tertiary/aromatic N) is 4. The number of thioether (sulfide) groups is 1. The number of fused-ring (bicyclic) bond motifs is 1. The van der Waals surface area contributed by atoms with E-state index in [9.17, 15) is 4.79 Å². The van der Waals surface area contributed by atoms with Crippen LogP contribution in [0.4, 0.5) is 0 Å². The second-order valence-electron chi connectivity index (χ2n) is 7.71. The molecule has 0 saturated carbocycles. The largest absolute Gasteiger partial charge is 0.309 e. The molecule has 6 nitrogen and oxygen atoms in total. The molecule has 0 amide bonds. The van der Waals surface area contributed by atoms with E-state index < -0.39 is 0 Å². The smallest absolute Gasteiger partial charge is 0.258 e. The van der Waals surface area contributed by atoms with Gasteiger partial charge in [0.25, 0.3) is 5.56 Å². The van der Waals surface area contributed by atoms with E-state index in [-0.39, 0.29) is 10.8 Å². The average Bonchev–Trinajstić information content (AvgIpc) is 3.23. The van der Waals surface area contributed by atoms with Crippen molar-refractivity contribution < 1.29 is 0 Å². The quantitative estimate of drug-likeness (QED) is 0.317. The van der Waals surface area contributed by atoms with Crippen molar-refractivity contribution in [2.75, 3.05) is 0 Å². The van der Waals surface area contributed by atoms with Crippen molar-refractivity contribution in [3.63, 3.8) is 0 Å². The first kappa shape index (κ1) is 21.4. The van der Waals surface area contributed by atoms with E-state index >= 15 is 0 Å². The molecule has 0 fully saturated rings. The van der Waals surface area contributed by atoms with E-state index in [1.165, 1.54) is 17.3 Å². The fourth-order valence-corrected chi connectivity index (χ4v) is 4.62. The van der Waals surface area contributed by atoms with Crippen LogP contribution in [0.3, 0.4) is 0 Å². The summed E-state index contributed by atoms with van der Waals surface area (Å²) >= 11 is 7.58. The SMILES string of the molecule is Cc1ccc(-n2c(SC(C)c3nc4ccccc4c(=O)[nH]3)nnc2-c2ccc(Cl)cc2)cc1. The predicted octanol–water partition coefficient (Wildman–Crippen LogP) is 5.99. The monoisotopic (exact) mass is 473 g/mol. The first-order valence-electron chi connectivity index (χ1n) is 10.4. The van der Waals surface area contributed by atoms with Crippen molar-refractivity contribution in [1.29, 1.82) is 0 Å². The van der Waals surface area contributed by atoms with Gasteiger partial charge in [-0.25, -0.2) is 4.98 Å². The van der Waals surface area contributed by atoms with Gasteiger partial charge in [0.05, 0.1) is 16.2 Å². The van der Waals surface area contributed by atoms with Crippen LogP contribution in [0.1, 0.15) is 23.6 Å². The summed E-state index contributed by atoms with van der Waals surface area (Å²) in [6.07, 6.45) is 0. The Hall–Kier alpha value is -3.42. The Labute approximate surface area is 199 Å². The van der Waals surface area contributed by atoms with Crippen molar-refractivity contribution >= 4 is 34.3 Å². The van der Waals surface area contributed by atoms with Crippen LogP contribution in [0.5, 0.6) is 0 Å². The lowest BCUT2D eigenvalue weighted by molar-refractivity contribution is 0.862.